The van der Waals surface area contributed by atoms with E-state index in [1.807, 2.05) is 60.7 Å². The highest BCUT2D eigenvalue weighted by Crippen LogP contribution is 2.39. The van der Waals surface area contributed by atoms with E-state index in [0.717, 1.165) is 75.6 Å². The summed E-state index contributed by atoms with van der Waals surface area (Å²) in [5, 5.41) is 8.94. The molecule has 1 aromatic heterocycles. The smallest absolute Gasteiger partial charge is 0.331 e. The van der Waals surface area contributed by atoms with Crippen molar-refractivity contribution in [3.05, 3.63) is 89.5 Å². The van der Waals surface area contributed by atoms with Crippen molar-refractivity contribution >= 4 is 61.9 Å². The molecule has 10 heteroatoms. The highest BCUT2D eigenvalue weighted by molar-refractivity contribution is 6.26. The molecule has 300 valence electrons. The van der Waals surface area contributed by atoms with Gasteiger partial charge < -0.3 is 19.0 Å². The third kappa shape index (κ3) is 9.55. The van der Waals surface area contributed by atoms with E-state index in [4.69, 9.17) is 14.4 Å². The fourth-order valence-electron chi connectivity index (χ4n) is 8.24. The number of aromatic nitrogens is 1. The van der Waals surface area contributed by atoms with Gasteiger partial charge in [0.1, 0.15) is 5.75 Å². The number of carbonyl (C=O) groups excluding carboxylic acids is 4. The summed E-state index contributed by atoms with van der Waals surface area (Å²) in [5.41, 5.74) is 4.28. The summed E-state index contributed by atoms with van der Waals surface area (Å²) in [4.78, 5) is 61.3. The van der Waals surface area contributed by atoms with Gasteiger partial charge in [-0.25, -0.2) is 4.79 Å². The lowest BCUT2D eigenvalue weighted by Gasteiger charge is -2.26. The second-order valence-electron chi connectivity index (χ2n) is 15.5. The number of unbranched alkanes of at least 4 members (excludes halogenated alkanes) is 1. The molecule has 0 saturated heterocycles. The van der Waals surface area contributed by atoms with Crippen LogP contribution in [-0.2, 0) is 30.6 Å². The lowest BCUT2D eigenvalue weighted by atomic mass is 9.94. The molecular formula is C47H55N3O7. The van der Waals surface area contributed by atoms with Crippen LogP contribution in [0.15, 0.2) is 78.0 Å². The average Bonchev–Trinajstić information content (AvgIpc) is 3.84. The molecule has 1 amide bonds. The van der Waals surface area contributed by atoms with Gasteiger partial charge in [0.15, 0.2) is 5.78 Å². The molecule has 57 heavy (non-hydrogen) atoms. The molecule has 1 saturated carbocycles. The van der Waals surface area contributed by atoms with Crippen LogP contribution < -0.4 is 4.74 Å². The fraction of sp³-hybridized carbons (Fsp3) is 0.426. The maximum absolute atomic E-state index is 14.5. The second-order valence-corrected chi connectivity index (χ2v) is 15.5. The van der Waals surface area contributed by atoms with Gasteiger partial charge in [-0.05, 0) is 85.9 Å². The first kappa shape index (κ1) is 41.1. The van der Waals surface area contributed by atoms with Crippen molar-refractivity contribution in [2.75, 3.05) is 6.61 Å². The summed E-state index contributed by atoms with van der Waals surface area (Å²) in [7, 11) is 0. The van der Waals surface area contributed by atoms with Gasteiger partial charge in [-0.3, -0.25) is 14.4 Å². The minimum absolute atomic E-state index is 0.0809. The average molecular weight is 774 g/mol. The third-order valence-corrected chi connectivity index (χ3v) is 11.2. The number of fused-ring (bicyclic) bond motifs is 5. The first-order valence-corrected chi connectivity index (χ1v) is 20.5. The van der Waals surface area contributed by atoms with Crippen LogP contribution in [0.25, 0.3) is 32.6 Å². The van der Waals surface area contributed by atoms with Gasteiger partial charge in [0, 0.05) is 72.1 Å². The normalized spacial score (nSPS) is 14.5. The van der Waals surface area contributed by atoms with Crippen LogP contribution in [0.1, 0.15) is 121 Å². The molecule has 2 atom stereocenters. The zero-order chi connectivity index (χ0) is 40.6. The van der Waals surface area contributed by atoms with E-state index < -0.39 is 23.9 Å². The van der Waals surface area contributed by atoms with Gasteiger partial charge in [-0.2, -0.15) is 5.06 Å². The summed E-state index contributed by atoms with van der Waals surface area (Å²) in [5.74, 6) is 0.0443. The Morgan fingerprint density at radius 3 is 2.19 bits per heavy atom. The van der Waals surface area contributed by atoms with Crippen molar-refractivity contribution in [2.24, 2.45) is 17.0 Å². The van der Waals surface area contributed by atoms with Gasteiger partial charge in [0.25, 0.3) is 5.91 Å². The van der Waals surface area contributed by atoms with E-state index in [2.05, 4.69) is 35.7 Å². The number of hydrogen-bond acceptors (Lipinski definition) is 8. The lowest BCUT2D eigenvalue weighted by Crippen LogP contribution is -2.39. The number of rotatable bonds is 16. The van der Waals surface area contributed by atoms with E-state index in [1.54, 1.807) is 6.92 Å². The number of carbonyl (C=O) groups is 4. The highest BCUT2D eigenvalue weighted by atomic mass is 16.7. The molecule has 5 aromatic rings. The van der Waals surface area contributed by atoms with Crippen LogP contribution in [0, 0.1) is 11.8 Å². The molecule has 6 rings (SSSR count). The molecule has 0 N–H and O–H groups in total. The molecular weight excluding hydrogens is 719 g/mol. The second kappa shape index (κ2) is 18.6. The Labute approximate surface area is 335 Å². The Kier molecular flexibility index (Phi) is 13.4. The number of amides is 1. The van der Waals surface area contributed by atoms with E-state index in [-0.39, 0.29) is 12.2 Å². The van der Waals surface area contributed by atoms with E-state index in [9.17, 15) is 19.2 Å². The quantitative estimate of drug-likeness (QED) is 0.0424. The van der Waals surface area contributed by atoms with Crippen LogP contribution in [0.3, 0.4) is 0 Å². The maximum atomic E-state index is 14.5. The topological polar surface area (TPSA) is 116 Å². The van der Waals surface area contributed by atoms with Crippen molar-refractivity contribution in [1.82, 2.24) is 9.63 Å². The first-order chi connectivity index (χ1) is 27.5. The predicted molar refractivity (Wildman–Crippen MR) is 224 cm³/mol. The fourth-order valence-corrected chi connectivity index (χ4v) is 8.24. The molecule has 1 aliphatic rings. The van der Waals surface area contributed by atoms with Crippen molar-refractivity contribution in [3.63, 3.8) is 0 Å². The molecule has 0 radical (unpaired) electrons. The number of oxime groups is 1. The Balaban J connectivity index is 1.49. The van der Waals surface area contributed by atoms with Crippen LogP contribution in [-0.4, -0.2) is 51.6 Å². The largest absolute Gasteiger partial charge is 0.493 e. The van der Waals surface area contributed by atoms with Gasteiger partial charge in [-0.1, -0.05) is 81.4 Å². The van der Waals surface area contributed by atoms with E-state index in [1.165, 1.54) is 46.5 Å². The van der Waals surface area contributed by atoms with E-state index in [0.29, 0.717) is 40.8 Å². The van der Waals surface area contributed by atoms with Crippen LogP contribution in [0.5, 0.6) is 5.75 Å². The molecule has 0 spiro atoms. The zero-order valence-electron chi connectivity index (χ0n) is 34.1. The maximum Gasteiger partial charge on any atom is 0.331 e. The van der Waals surface area contributed by atoms with Crippen LogP contribution in [0.2, 0.25) is 0 Å². The standard InChI is InChI=1S/C47H55N3O7/c1-7-9-14-34(8-2)28-49-45-24-21-37(44(48-56-32(5)52)25-30(3)50(31(4)51)57-33(6)53)26-41(45)42-27-43(39-17-12-13-18-40(39)46(42)49)47(54)36-19-22-38(23-20-36)55-29-35-15-10-11-16-35/h12-13,17-24,26-27,30,34-35H,7-11,14-16,25,28-29H2,1-6H3. The van der Waals surface area contributed by atoms with Crippen molar-refractivity contribution in [1.29, 1.82) is 0 Å². The minimum atomic E-state index is -0.630. The number of ketones is 1. The Morgan fingerprint density at radius 1 is 0.842 bits per heavy atom. The zero-order valence-corrected chi connectivity index (χ0v) is 34.1. The van der Waals surface area contributed by atoms with E-state index >= 15 is 0 Å². The number of benzene rings is 4. The SMILES string of the molecule is CCCCC(CC)Cn1c2ccc(C(CC(C)N(OC(C)=O)C(C)=O)=NOC(C)=O)cc2c2cc(C(=O)c3ccc(OCC4CCCC4)cc3)c3ccccc3c21. The number of ether oxygens (including phenoxy) is 1. The predicted octanol–water partition coefficient (Wildman–Crippen LogP) is 10.3. The van der Waals surface area contributed by atoms with Crippen molar-refractivity contribution in [3.8, 4) is 5.75 Å². The summed E-state index contributed by atoms with van der Waals surface area (Å²) in [6, 6.07) is 23.0. The number of nitrogens with zero attached hydrogens (tertiary/aromatic N) is 3. The van der Waals surface area contributed by atoms with Gasteiger partial charge in [0.05, 0.1) is 23.9 Å². The van der Waals surface area contributed by atoms with Crippen molar-refractivity contribution < 1.29 is 33.6 Å². The Bertz CT molecular complexity index is 2280. The molecule has 4 aromatic carbocycles. The molecule has 2 unspecified atom stereocenters. The van der Waals surface area contributed by atoms with Gasteiger partial charge in [0.2, 0.25) is 0 Å². The molecule has 1 heterocycles. The number of hydroxylamine groups is 2. The molecule has 1 aliphatic carbocycles. The molecule has 0 aliphatic heterocycles. The third-order valence-electron chi connectivity index (χ3n) is 11.2. The molecule has 10 nitrogen and oxygen atoms in total. The highest BCUT2D eigenvalue weighted by Gasteiger charge is 2.26. The molecule has 1 fully saturated rings. The lowest BCUT2D eigenvalue weighted by molar-refractivity contribution is -0.202. The summed E-state index contributed by atoms with van der Waals surface area (Å²) in [6.07, 6.45) is 9.44. The first-order valence-electron chi connectivity index (χ1n) is 20.5. The van der Waals surface area contributed by atoms with Gasteiger partial charge in [-0.15, -0.1) is 0 Å². The summed E-state index contributed by atoms with van der Waals surface area (Å²) < 4.78 is 8.51. The summed E-state index contributed by atoms with van der Waals surface area (Å²) in [6.45, 7) is 11.5. The minimum Gasteiger partial charge on any atom is -0.493 e. The Morgan fingerprint density at radius 2 is 1.54 bits per heavy atom. The van der Waals surface area contributed by atoms with Crippen LogP contribution >= 0.6 is 0 Å². The summed E-state index contributed by atoms with van der Waals surface area (Å²) >= 11 is 0. The number of hydrogen-bond donors (Lipinski definition) is 0. The van der Waals surface area contributed by atoms with Crippen LogP contribution in [0.4, 0.5) is 0 Å². The monoisotopic (exact) mass is 773 g/mol. The van der Waals surface area contributed by atoms with Crippen molar-refractivity contribution in [2.45, 2.75) is 112 Å². The van der Waals surface area contributed by atoms with Gasteiger partial charge >= 0.3 is 11.9 Å². The molecule has 0 bridgehead atoms. The Hall–Kier alpha value is -5.51.